The van der Waals surface area contributed by atoms with E-state index in [2.05, 4.69) is 15.1 Å². The molecule has 1 aromatic carbocycles. The zero-order chi connectivity index (χ0) is 22.9. The Morgan fingerprint density at radius 3 is 2.58 bits per heavy atom. The third kappa shape index (κ3) is 3.99. The molecule has 3 aromatic heterocycles. The minimum atomic E-state index is -0.250. The van der Waals surface area contributed by atoms with Gasteiger partial charge in [-0.15, -0.1) is 21.5 Å². The molecule has 1 saturated heterocycles. The number of carbonyl (C=O) groups excluding carboxylic acids is 1. The monoisotopic (exact) mass is 468 g/mol. The van der Waals surface area contributed by atoms with Crippen molar-refractivity contribution in [3.8, 4) is 0 Å². The molecule has 5 rings (SSSR count). The minimum Gasteiger partial charge on any atom is -0.368 e. The number of fused-ring (bicyclic) bond motifs is 3. The first-order valence-corrected chi connectivity index (χ1v) is 12.1. The van der Waals surface area contributed by atoms with Gasteiger partial charge in [0.2, 0.25) is 11.7 Å². The summed E-state index contributed by atoms with van der Waals surface area (Å²) in [6.07, 6.45) is 1.60. The number of hydrogen-bond acceptors (Lipinski definition) is 6. The molecule has 8 nitrogen and oxygen atoms in total. The van der Waals surface area contributed by atoms with Crippen molar-refractivity contribution in [3.05, 3.63) is 57.7 Å². The molecule has 4 aromatic rings. The van der Waals surface area contributed by atoms with E-state index >= 15 is 0 Å². The number of rotatable bonds is 6. The fourth-order valence-electron chi connectivity index (χ4n) is 4.41. The normalized spacial score (nSPS) is 14.5. The molecule has 4 heterocycles. The van der Waals surface area contributed by atoms with Gasteiger partial charge in [-0.3, -0.25) is 18.6 Å². The molecule has 0 radical (unpaired) electrons. The number of nitrogens with zero attached hydrogens (tertiary/aromatic N) is 6. The quantitative estimate of drug-likeness (QED) is 0.435. The van der Waals surface area contributed by atoms with Gasteiger partial charge in [0, 0.05) is 51.3 Å². The van der Waals surface area contributed by atoms with Gasteiger partial charge >= 0.3 is 0 Å². The van der Waals surface area contributed by atoms with Crippen molar-refractivity contribution in [3.63, 3.8) is 0 Å². The van der Waals surface area contributed by atoms with Crippen LogP contribution in [0.25, 0.3) is 16.0 Å². The number of aromatic nitrogens is 4. The summed E-state index contributed by atoms with van der Waals surface area (Å²) >= 11 is 1.42. The number of thiophene rings is 1. The molecule has 0 spiro atoms. The van der Waals surface area contributed by atoms with Crippen molar-refractivity contribution >= 4 is 38.9 Å². The highest BCUT2D eigenvalue weighted by Gasteiger charge is 2.23. The second-order valence-electron chi connectivity index (χ2n) is 8.19. The summed E-state index contributed by atoms with van der Waals surface area (Å²) in [5.41, 5.74) is 1.73. The van der Waals surface area contributed by atoms with Crippen molar-refractivity contribution in [1.29, 1.82) is 0 Å². The van der Waals surface area contributed by atoms with Crippen LogP contribution in [0.1, 0.15) is 25.6 Å². The third-order valence-electron chi connectivity index (χ3n) is 6.11. The number of hydrogen-bond donors (Lipinski definition) is 0. The zero-order valence-electron chi connectivity index (χ0n) is 18.4. The average molecular weight is 469 g/mol. The van der Waals surface area contributed by atoms with E-state index in [1.165, 1.54) is 23.5 Å². The second-order valence-corrected chi connectivity index (χ2v) is 9.10. The van der Waals surface area contributed by atoms with Crippen molar-refractivity contribution in [2.75, 3.05) is 31.1 Å². The maximum atomic E-state index is 13.2. The van der Waals surface area contributed by atoms with E-state index in [4.69, 9.17) is 0 Å². The van der Waals surface area contributed by atoms with Crippen LogP contribution >= 0.6 is 11.3 Å². The number of halogens is 1. The Kier molecular flexibility index (Phi) is 5.84. The summed E-state index contributed by atoms with van der Waals surface area (Å²) in [6.45, 7) is 5.27. The SMILES string of the molecule is CCCn1c(=O)c2sccc2n2c(CCC(=O)N3CCN(c4ccc(F)cc4)CC3)nnc12. The van der Waals surface area contributed by atoms with Gasteiger partial charge in [-0.2, -0.15) is 0 Å². The molecule has 1 aliphatic rings. The van der Waals surface area contributed by atoms with Crippen LogP contribution in [-0.4, -0.2) is 56.2 Å². The van der Waals surface area contributed by atoms with E-state index < -0.39 is 0 Å². The van der Waals surface area contributed by atoms with E-state index in [0.29, 0.717) is 61.9 Å². The molecule has 1 amide bonds. The zero-order valence-corrected chi connectivity index (χ0v) is 19.2. The van der Waals surface area contributed by atoms with Gasteiger partial charge in [-0.25, -0.2) is 4.39 Å². The van der Waals surface area contributed by atoms with Crippen molar-refractivity contribution in [2.24, 2.45) is 0 Å². The molecule has 172 valence electrons. The summed E-state index contributed by atoms with van der Waals surface area (Å²) in [4.78, 5) is 29.8. The molecular formula is C23H25FN6O2S. The standard InChI is InChI=1S/C23H25FN6O2S/c1-2-10-29-22(32)21-18(9-15-33-21)30-19(25-26-23(29)30)7-8-20(31)28-13-11-27(12-14-28)17-5-3-16(24)4-6-17/h3-6,9,15H,2,7-8,10-14H2,1H3. The van der Waals surface area contributed by atoms with Crippen LogP contribution in [0, 0.1) is 5.82 Å². The number of aryl methyl sites for hydroxylation is 2. The lowest BCUT2D eigenvalue weighted by Gasteiger charge is -2.36. The molecule has 0 N–H and O–H groups in total. The number of benzene rings is 1. The van der Waals surface area contributed by atoms with Gasteiger partial charge < -0.3 is 9.80 Å². The number of piperazine rings is 1. The minimum absolute atomic E-state index is 0.0385. The topological polar surface area (TPSA) is 75.7 Å². The van der Waals surface area contributed by atoms with Crippen LogP contribution in [-0.2, 0) is 17.8 Å². The van der Waals surface area contributed by atoms with Gasteiger partial charge in [0.05, 0.1) is 5.52 Å². The van der Waals surface area contributed by atoms with Crippen LogP contribution in [0.3, 0.4) is 0 Å². The van der Waals surface area contributed by atoms with E-state index in [1.807, 2.05) is 27.7 Å². The molecule has 33 heavy (non-hydrogen) atoms. The van der Waals surface area contributed by atoms with Crippen molar-refractivity contribution < 1.29 is 9.18 Å². The Bertz CT molecular complexity index is 1350. The molecular weight excluding hydrogens is 443 g/mol. The summed E-state index contributed by atoms with van der Waals surface area (Å²) in [6, 6.07) is 8.37. The number of amides is 1. The van der Waals surface area contributed by atoms with E-state index in [0.717, 1.165) is 17.6 Å². The molecule has 1 aliphatic heterocycles. The van der Waals surface area contributed by atoms with Crippen LogP contribution in [0.15, 0.2) is 40.5 Å². The smallest absolute Gasteiger partial charge is 0.272 e. The molecule has 0 aliphatic carbocycles. The lowest BCUT2D eigenvalue weighted by molar-refractivity contribution is -0.131. The predicted octanol–water partition coefficient (Wildman–Crippen LogP) is 2.94. The third-order valence-corrected chi connectivity index (χ3v) is 7.00. The molecule has 0 atom stereocenters. The first kappa shape index (κ1) is 21.6. The van der Waals surface area contributed by atoms with Crippen LogP contribution < -0.4 is 10.5 Å². The van der Waals surface area contributed by atoms with E-state index in [1.54, 1.807) is 16.7 Å². The Hall–Kier alpha value is -3.27. The Morgan fingerprint density at radius 1 is 1.09 bits per heavy atom. The molecule has 0 unspecified atom stereocenters. The first-order chi connectivity index (χ1) is 16.1. The maximum absolute atomic E-state index is 13.2. The maximum Gasteiger partial charge on any atom is 0.272 e. The second kappa shape index (κ2) is 8.93. The average Bonchev–Trinajstić information content (AvgIpc) is 3.48. The molecule has 1 fully saturated rings. The molecule has 10 heteroatoms. The van der Waals surface area contributed by atoms with Crippen LogP contribution in [0.4, 0.5) is 10.1 Å². The highest BCUT2D eigenvalue weighted by Crippen LogP contribution is 2.21. The Labute approximate surface area is 193 Å². The van der Waals surface area contributed by atoms with Gasteiger partial charge in [0.1, 0.15) is 16.3 Å². The summed E-state index contributed by atoms with van der Waals surface area (Å²) in [7, 11) is 0. The highest BCUT2D eigenvalue weighted by molar-refractivity contribution is 7.17. The lowest BCUT2D eigenvalue weighted by atomic mass is 10.2. The lowest BCUT2D eigenvalue weighted by Crippen LogP contribution is -2.48. The largest absolute Gasteiger partial charge is 0.368 e. The fourth-order valence-corrected chi connectivity index (χ4v) is 5.23. The Balaban J connectivity index is 1.29. The number of anilines is 1. The fraction of sp³-hybridized carbons (Fsp3) is 0.391. The molecule has 0 saturated carbocycles. The highest BCUT2D eigenvalue weighted by atomic mass is 32.1. The van der Waals surface area contributed by atoms with Crippen LogP contribution in [0.5, 0.6) is 0 Å². The Morgan fingerprint density at radius 2 is 1.85 bits per heavy atom. The van der Waals surface area contributed by atoms with Crippen molar-refractivity contribution in [1.82, 2.24) is 24.1 Å². The van der Waals surface area contributed by atoms with E-state index in [-0.39, 0.29) is 17.3 Å². The van der Waals surface area contributed by atoms with Gasteiger partial charge in [-0.05, 0) is 42.1 Å². The van der Waals surface area contributed by atoms with Crippen molar-refractivity contribution in [2.45, 2.75) is 32.7 Å². The number of carbonyl (C=O) groups is 1. The van der Waals surface area contributed by atoms with Gasteiger partial charge in [0.15, 0.2) is 0 Å². The van der Waals surface area contributed by atoms with Crippen LogP contribution in [0.2, 0.25) is 0 Å². The molecule has 0 bridgehead atoms. The summed E-state index contributed by atoms with van der Waals surface area (Å²) in [5, 5.41) is 10.5. The summed E-state index contributed by atoms with van der Waals surface area (Å²) < 4.78 is 17.4. The van der Waals surface area contributed by atoms with Gasteiger partial charge in [-0.1, -0.05) is 6.92 Å². The predicted molar refractivity (Wildman–Crippen MR) is 126 cm³/mol. The first-order valence-electron chi connectivity index (χ1n) is 11.2. The van der Waals surface area contributed by atoms with E-state index in [9.17, 15) is 14.0 Å². The summed E-state index contributed by atoms with van der Waals surface area (Å²) in [5.74, 6) is 1.05. The van der Waals surface area contributed by atoms with Gasteiger partial charge in [0.25, 0.3) is 5.56 Å².